The summed E-state index contributed by atoms with van der Waals surface area (Å²) < 4.78 is 5.75. The summed E-state index contributed by atoms with van der Waals surface area (Å²) in [5, 5.41) is 0.521. The summed E-state index contributed by atoms with van der Waals surface area (Å²) in [7, 11) is 0. The summed E-state index contributed by atoms with van der Waals surface area (Å²) in [5.41, 5.74) is 6.52. The number of amides is 3. The third kappa shape index (κ3) is 4.86. The van der Waals surface area contributed by atoms with Gasteiger partial charge in [-0.05, 0) is 47.7 Å². The second-order valence-corrected chi connectivity index (χ2v) is 7.67. The summed E-state index contributed by atoms with van der Waals surface area (Å²) in [5.74, 6) is -0.732. The van der Waals surface area contributed by atoms with Crippen molar-refractivity contribution in [2.24, 2.45) is 5.73 Å². The van der Waals surface area contributed by atoms with Gasteiger partial charge in [0.2, 0.25) is 5.91 Å². The molecule has 0 atom stereocenters. The third-order valence-electron chi connectivity index (χ3n) is 3.75. The first-order chi connectivity index (χ1) is 13.3. The molecule has 0 bridgehead atoms. The molecule has 0 unspecified atom stereocenters. The van der Waals surface area contributed by atoms with Gasteiger partial charge in [0.15, 0.2) is 0 Å². The number of rotatable bonds is 6. The summed E-state index contributed by atoms with van der Waals surface area (Å²) >= 11 is 12.8. The monoisotopic (exact) mass is 436 g/mol. The van der Waals surface area contributed by atoms with E-state index in [1.807, 2.05) is 0 Å². The molecule has 144 valence electrons. The Morgan fingerprint density at radius 3 is 2.68 bits per heavy atom. The van der Waals surface area contributed by atoms with Crippen molar-refractivity contribution in [1.29, 1.82) is 0 Å². The lowest BCUT2D eigenvalue weighted by atomic mass is 10.2. The molecule has 2 N–H and O–H groups in total. The van der Waals surface area contributed by atoms with Gasteiger partial charge in [-0.2, -0.15) is 0 Å². The molecule has 1 aliphatic heterocycles. The number of nitrogens with two attached hydrogens (primary N) is 1. The van der Waals surface area contributed by atoms with E-state index in [1.54, 1.807) is 48.5 Å². The fraction of sp³-hybridized carbons (Fsp3) is 0.105. The van der Waals surface area contributed by atoms with Crippen molar-refractivity contribution in [3.63, 3.8) is 0 Å². The van der Waals surface area contributed by atoms with E-state index in [0.717, 1.165) is 22.2 Å². The van der Waals surface area contributed by atoms with Crippen LogP contribution in [0.1, 0.15) is 11.1 Å². The average Bonchev–Trinajstić information content (AvgIpc) is 2.88. The molecule has 28 heavy (non-hydrogen) atoms. The lowest BCUT2D eigenvalue weighted by molar-refractivity contribution is -0.127. The molecule has 1 saturated heterocycles. The Morgan fingerprint density at radius 2 is 1.96 bits per heavy atom. The number of halogens is 2. The van der Waals surface area contributed by atoms with Crippen molar-refractivity contribution in [3.8, 4) is 5.75 Å². The molecule has 6 nitrogen and oxygen atoms in total. The van der Waals surface area contributed by atoms with Crippen molar-refractivity contribution >= 4 is 58.1 Å². The van der Waals surface area contributed by atoms with E-state index in [0.29, 0.717) is 21.4 Å². The highest BCUT2D eigenvalue weighted by Crippen LogP contribution is 2.32. The van der Waals surface area contributed by atoms with Gasteiger partial charge in [0.1, 0.15) is 18.9 Å². The molecule has 0 aromatic heterocycles. The first-order valence-corrected chi connectivity index (χ1v) is 9.61. The molecule has 1 fully saturated rings. The number of carbonyl (C=O) groups excluding carboxylic acids is 3. The molecule has 9 heteroatoms. The Bertz CT molecular complexity index is 994. The minimum Gasteiger partial charge on any atom is -0.489 e. The van der Waals surface area contributed by atoms with Gasteiger partial charge in [-0.1, -0.05) is 41.4 Å². The molecule has 0 radical (unpaired) electrons. The van der Waals surface area contributed by atoms with Crippen LogP contribution in [0.3, 0.4) is 0 Å². The molecule has 2 aromatic rings. The molecule has 0 spiro atoms. The van der Waals surface area contributed by atoms with Crippen molar-refractivity contribution < 1.29 is 19.1 Å². The standard InChI is InChI=1S/C19H14Cl2N2O4S/c20-13-5-4-12(15(21)8-13)10-27-14-3-1-2-11(6-14)7-16-18(25)23(9-17(22)24)19(26)28-16/h1-8H,9-10H2,(H2,22,24)/b16-7-. The van der Waals surface area contributed by atoms with E-state index in [-0.39, 0.29) is 11.5 Å². The van der Waals surface area contributed by atoms with Crippen LogP contribution in [0.25, 0.3) is 6.08 Å². The van der Waals surface area contributed by atoms with E-state index < -0.39 is 23.6 Å². The second kappa shape index (κ2) is 8.68. The molecular weight excluding hydrogens is 423 g/mol. The number of carbonyl (C=O) groups is 3. The van der Waals surface area contributed by atoms with Crippen LogP contribution < -0.4 is 10.5 Å². The van der Waals surface area contributed by atoms with Crippen LogP contribution in [-0.2, 0) is 16.2 Å². The highest BCUT2D eigenvalue weighted by Gasteiger charge is 2.35. The Morgan fingerprint density at radius 1 is 1.18 bits per heavy atom. The van der Waals surface area contributed by atoms with Crippen molar-refractivity contribution in [2.75, 3.05) is 6.54 Å². The van der Waals surface area contributed by atoms with Crippen LogP contribution in [0, 0.1) is 0 Å². The molecule has 3 rings (SSSR count). The van der Waals surface area contributed by atoms with Gasteiger partial charge in [0.05, 0.1) is 4.91 Å². The van der Waals surface area contributed by atoms with Crippen LogP contribution in [-0.4, -0.2) is 28.5 Å². The predicted octanol–water partition coefficient (Wildman–Crippen LogP) is 4.09. The SMILES string of the molecule is NC(=O)CN1C(=O)S/C(=C\c2cccc(OCc3ccc(Cl)cc3Cl)c2)C1=O. The van der Waals surface area contributed by atoms with E-state index in [9.17, 15) is 14.4 Å². The maximum Gasteiger partial charge on any atom is 0.294 e. The van der Waals surface area contributed by atoms with E-state index >= 15 is 0 Å². The lowest BCUT2D eigenvalue weighted by Gasteiger charge is -2.09. The predicted molar refractivity (Wildman–Crippen MR) is 109 cm³/mol. The fourth-order valence-electron chi connectivity index (χ4n) is 2.44. The normalized spacial score (nSPS) is 15.4. The summed E-state index contributed by atoms with van der Waals surface area (Å²) in [6, 6.07) is 12.2. The van der Waals surface area contributed by atoms with Crippen LogP contribution in [0.5, 0.6) is 5.75 Å². The minimum atomic E-state index is -0.750. The van der Waals surface area contributed by atoms with Crippen LogP contribution in [0.2, 0.25) is 10.0 Å². The third-order valence-corrected chi connectivity index (χ3v) is 5.25. The summed E-state index contributed by atoms with van der Waals surface area (Å²) in [6.07, 6.45) is 1.56. The zero-order valence-electron chi connectivity index (χ0n) is 14.4. The van der Waals surface area contributed by atoms with Gasteiger partial charge in [0.25, 0.3) is 11.1 Å². The van der Waals surface area contributed by atoms with Crippen LogP contribution in [0.4, 0.5) is 4.79 Å². The molecule has 0 aliphatic carbocycles. The maximum atomic E-state index is 12.3. The number of thioether (sulfide) groups is 1. The molecule has 2 aromatic carbocycles. The number of benzene rings is 2. The zero-order valence-corrected chi connectivity index (χ0v) is 16.7. The van der Waals surface area contributed by atoms with Gasteiger partial charge >= 0.3 is 0 Å². The topological polar surface area (TPSA) is 89.7 Å². The first-order valence-electron chi connectivity index (χ1n) is 8.04. The molecule has 1 heterocycles. The van der Waals surface area contributed by atoms with E-state index in [2.05, 4.69) is 0 Å². The molecule has 1 aliphatic rings. The second-order valence-electron chi connectivity index (χ2n) is 5.83. The van der Waals surface area contributed by atoms with Crippen LogP contribution >= 0.6 is 35.0 Å². The molecular formula is C19H14Cl2N2O4S. The van der Waals surface area contributed by atoms with Crippen molar-refractivity contribution in [1.82, 2.24) is 4.90 Å². The number of ether oxygens (including phenoxy) is 1. The summed E-state index contributed by atoms with van der Waals surface area (Å²) in [6.45, 7) is -0.193. The van der Waals surface area contributed by atoms with Crippen molar-refractivity contribution in [2.45, 2.75) is 6.61 Å². The van der Waals surface area contributed by atoms with E-state index in [4.69, 9.17) is 33.7 Å². The number of imide groups is 1. The van der Waals surface area contributed by atoms with Gasteiger partial charge < -0.3 is 10.5 Å². The van der Waals surface area contributed by atoms with Crippen molar-refractivity contribution in [3.05, 3.63) is 68.5 Å². The fourth-order valence-corrected chi connectivity index (χ4v) is 3.74. The lowest BCUT2D eigenvalue weighted by Crippen LogP contribution is -2.36. The van der Waals surface area contributed by atoms with Gasteiger partial charge in [-0.3, -0.25) is 19.3 Å². The highest BCUT2D eigenvalue weighted by molar-refractivity contribution is 8.18. The number of nitrogens with zero attached hydrogens (tertiary/aromatic N) is 1. The highest BCUT2D eigenvalue weighted by atomic mass is 35.5. The Balaban J connectivity index is 1.73. The van der Waals surface area contributed by atoms with Gasteiger partial charge in [-0.25, -0.2) is 0 Å². The molecule has 3 amide bonds. The number of primary amides is 1. The number of hydrogen-bond donors (Lipinski definition) is 1. The maximum absolute atomic E-state index is 12.3. The average molecular weight is 437 g/mol. The Labute approximate surface area is 175 Å². The van der Waals surface area contributed by atoms with Crippen LogP contribution in [0.15, 0.2) is 47.4 Å². The zero-order chi connectivity index (χ0) is 20.3. The quantitative estimate of drug-likeness (QED) is 0.688. The smallest absolute Gasteiger partial charge is 0.294 e. The molecule has 0 saturated carbocycles. The van der Waals surface area contributed by atoms with Gasteiger partial charge in [-0.15, -0.1) is 0 Å². The minimum absolute atomic E-state index is 0.212. The summed E-state index contributed by atoms with van der Waals surface area (Å²) in [4.78, 5) is 36.2. The number of hydrogen-bond acceptors (Lipinski definition) is 5. The van der Waals surface area contributed by atoms with Gasteiger partial charge in [0, 0.05) is 15.6 Å². The van der Waals surface area contributed by atoms with E-state index in [1.165, 1.54) is 0 Å². The Hall–Kier alpha value is -2.48. The Kier molecular flexibility index (Phi) is 6.28. The first kappa shape index (κ1) is 20.3. The largest absolute Gasteiger partial charge is 0.489 e.